The van der Waals surface area contributed by atoms with Crippen LogP contribution in [-0.2, 0) is 6.54 Å². The van der Waals surface area contributed by atoms with Gasteiger partial charge in [-0.3, -0.25) is 0 Å². The Balaban J connectivity index is 1.71. The molecule has 102 valence electrons. The van der Waals surface area contributed by atoms with Gasteiger partial charge in [-0.05, 0) is 30.3 Å². The standard InChI is InChI=1S/C13H9Cl2N3O2/c14-8-3-4-9(15)10(6-8)16-7-12-17-13(18-20-12)11-2-1-5-19-11/h1-6,16H,7H2. The summed E-state index contributed by atoms with van der Waals surface area (Å²) < 4.78 is 10.3. The highest BCUT2D eigenvalue weighted by Gasteiger charge is 2.11. The molecule has 0 aliphatic rings. The molecule has 0 fully saturated rings. The molecule has 1 aromatic carbocycles. The summed E-state index contributed by atoms with van der Waals surface area (Å²) in [7, 11) is 0. The van der Waals surface area contributed by atoms with Crippen LogP contribution in [0.4, 0.5) is 5.69 Å². The average Bonchev–Trinajstić information content (AvgIpc) is 3.09. The van der Waals surface area contributed by atoms with E-state index in [2.05, 4.69) is 15.5 Å². The molecule has 20 heavy (non-hydrogen) atoms. The summed E-state index contributed by atoms with van der Waals surface area (Å²) in [6.07, 6.45) is 1.55. The lowest BCUT2D eigenvalue weighted by Crippen LogP contribution is -2.00. The lowest BCUT2D eigenvalue weighted by molar-refractivity contribution is 0.382. The van der Waals surface area contributed by atoms with E-state index < -0.39 is 0 Å². The zero-order chi connectivity index (χ0) is 13.9. The number of benzene rings is 1. The van der Waals surface area contributed by atoms with Crippen molar-refractivity contribution in [3.63, 3.8) is 0 Å². The number of hydrogen-bond acceptors (Lipinski definition) is 5. The molecule has 0 saturated carbocycles. The fourth-order valence-corrected chi connectivity index (χ4v) is 1.99. The van der Waals surface area contributed by atoms with Gasteiger partial charge in [0.15, 0.2) is 5.76 Å². The number of furan rings is 1. The third kappa shape index (κ3) is 2.79. The van der Waals surface area contributed by atoms with Crippen LogP contribution in [0.1, 0.15) is 5.89 Å². The molecule has 3 aromatic rings. The molecule has 0 aliphatic carbocycles. The van der Waals surface area contributed by atoms with Crippen LogP contribution < -0.4 is 5.32 Å². The molecule has 7 heteroatoms. The number of nitrogens with zero attached hydrogens (tertiary/aromatic N) is 2. The summed E-state index contributed by atoms with van der Waals surface area (Å²) in [5.41, 5.74) is 0.705. The van der Waals surface area contributed by atoms with Gasteiger partial charge in [0.25, 0.3) is 0 Å². The molecule has 5 nitrogen and oxygen atoms in total. The Kier molecular flexibility index (Phi) is 3.62. The van der Waals surface area contributed by atoms with Crippen LogP contribution in [0.5, 0.6) is 0 Å². The van der Waals surface area contributed by atoms with Gasteiger partial charge in [-0.15, -0.1) is 0 Å². The summed E-state index contributed by atoms with van der Waals surface area (Å²) in [4.78, 5) is 4.21. The first-order chi connectivity index (χ1) is 9.72. The second-order valence-electron chi connectivity index (χ2n) is 3.97. The first kappa shape index (κ1) is 13.0. The van der Waals surface area contributed by atoms with Crippen molar-refractivity contribution in [2.45, 2.75) is 6.54 Å². The van der Waals surface area contributed by atoms with Gasteiger partial charge in [0.05, 0.1) is 23.5 Å². The van der Waals surface area contributed by atoms with Gasteiger partial charge in [0.1, 0.15) is 0 Å². The maximum absolute atomic E-state index is 6.05. The number of aromatic nitrogens is 2. The summed E-state index contributed by atoms with van der Waals surface area (Å²) in [5, 5.41) is 8.08. The first-order valence-electron chi connectivity index (χ1n) is 5.78. The van der Waals surface area contributed by atoms with E-state index in [4.69, 9.17) is 32.1 Å². The Bertz CT molecular complexity index is 710. The Hall–Kier alpha value is -1.98. The summed E-state index contributed by atoms with van der Waals surface area (Å²) in [6.45, 7) is 0.341. The SMILES string of the molecule is Clc1ccc(Cl)c(NCc2nc(-c3ccco3)no2)c1. The minimum absolute atomic E-state index is 0.341. The Labute approximate surface area is 124 Å². The van der Waals surface area contributed by atoms with E-state index >= 15 is 0 Å². The normalized spacial score (nSPS) is 10.7. The van der Waals surface area contributed by atoms with Crippen molar-refractivity contribution in [1.82, 2.24) is 10.1 Å². The van der Waals surface area contributed by atoms with E-state index in [0.717, 1.165) is 0 Å². The Morgan fingerprint density at radius 1 is 1.20 bits per heavy atom. The Morgan fingerprint density at radius 3 is 2.90 bits per heavy atom. The number of hydrogen-bond donors (Lipinski definition) is 1. The zero-order valence-corrected chi connectivity index (χ0v) is 11.6. The molecule has 0 saturated heterocycles. The first-order valence-corrected chi connectivity index (χ1v) is 6.53. The monoisotopic (exact) mass is 309 g/mol. The molecule has 0 bridgehead atoms. The van der Waals surface area contributed by atoms with Crippen molar-refractivity contribution >= 4 is 28.9 Å². The molecule has 0 radical (unpaired) electrons. The molecular weight excluding hydrogens is 301 g/mol. The highest BCUT2D eigenvalue weighted by molar-refractivity contribution is 6.35. The van der Waals surface area contributed by atoms with E-state index in [-0.39, 0.29) is 0 Å². The van der Waals surface area contributed by atoms with Crippen molar-refractivity contribution in [3.8, 4) is 11.6 Å². The van der Waals surface area contributed by atoms with Crippen LogP contribution in [-0.4, -0.2) is 10.1 Å². The third-order valence-corrected chi connectivity index (χ3v) is 3.13. The number of anilines is 1. The second-order valence-corrected chi connectivity index (χ2v) is 4.81. The van der Waals surface area contributed by atoms with Crippen LogP contribution in [0.2, 0.25) is 10.0 Å². The number of nitrogens with one attached hydrogen (secondary N) is 1. The molecule has 3 rings (SSSR count). The Morgan fingerprint density at radius 2 is 2.10 bits per heavy atom. The topological polar surface area (TPSA) is 64.1 Å². The van der Waals surface area contributed by atoms with Crippen molar-refractivity contribution in [2.75, 3.05) is 5.32 Å². The van der Waals surface area contributed by atoms with Crippen LogP contribution >= 0.6 is 23.2 Å². The fraction of sp³-hybridized carbons (Fsp3) is 0.0769. The molecule has 0 atom stereocenters. The van der Waals surface area contributed by atoms with E-state index in [9.17, 15) is 0 Å². The van der Waals surface area contributed by atoms with E-state index in [1.807, 2.05) is 0 Å². The molecular formula is C13H9Cl2N3O2. The maximum atomic E-state index is 6.05. The van der Waals surface area contributed by atoms with Crippen LogP contribution in [0.15, 0.2) is 45.5 Å². The van der Waals surface area contributed by atoms with Crippen molar-refractivity contribution < 1.29 is 8.94 Å². The predicted octanol–water partition coefficient (Wildman–Crippen LogP) is 4.25. The van der Waals surface area contributed by atoms with E-state index in [1.165, 1.54) is 0 Å². The largest absolute Gasteiger partial charge is 0.461 e. The number of halogens is 2. The molecule has 2 aromatic heterocycles. The van der Waals surface area contributed by atoms with Gasteiger partial charge < -0.3 is 14.3 Å². The quantitative estimate of drug-likeness (QED) is 0.780. The minimum atomic E-state index is 0.341. The van der Waals surface area contributed by atoms with Crippen molar-refractivity contribution in [1.29, 1.82) is 0 Å². The van der Waals surface area contributed by atoms with Crippen molar-refractivity contribution in [3.05, 3.63) is 52.5 Å². The van der Waals surface area contributed by atoms with Gasteiger partial charge in [0.2, 0.25) is 11.7 Å². The highest BCUT2D eigenvalue weighted by atomic mass is 35.5. The van der Waals surface area contributed by atoms with E-state index in [0.29, 0.717) is 39.8 Å². The summed E-state index contributed by atoms with van der Waals surface area (Å²) in [5.74, 6) is 1.39. The van der Waals surface area contributed by atoms with E-state index in [1.54, 1.807) is 36.6 Å². The number of rotatable bonds is 4. The van der Waals surface area contributed by atoms with Crippen LogP contribution in [0.25, 0.3) is 11.6 Å². The van der Waals surface area contributed by atoms with Gasteiger partial charge in [-0.1, -0.05) is 28.4 Å². The summed E-state index contributed by atoms with van der Waals surface area (Å²) >= 11 is 12.0. The second kappa shape index (κ2) is 5.56. The smallest absolute Gasteiger partial charge is 0.246 e. The van der Waals surface area contributed by atoms with Crippen molar-refractivity contribution in [2.24, 2.45) is 0 Å². The summed E-state index contributed by atoms with van der Waals surface area (Å²) in [6, 6.07) is 8.68. The van der Waals surface area contributed by atoms with Gasteiger partial charge in [0, 0.05) is 5.02 Å². The lowest BCUT2D eigenvalue weighted by Gasteiger charge is -2.05. The van der Waals surface area contributed by atoms with Crippen LogP contribution in [0, 0.1) is 0 Å². The van der Waals surface area contributed by atoms with Gasteiger partial charge in [-0.25, -0.2) is 0 Å². The third-order valence-electron chi connectivity index (χ3n) is 2.57. The fourth-order valence-electron chi connectivity index (χ4n) is 1.64. The highest BCUT2D eigenvalue weighted by Crippen LogP contribution is 2.26. The van der Waals surface area contributed by atoms with Gasteiger partial charge >= 0.3 is 0 Å². The minimum Gasteiger partial charge on any atom is -0.461 e. The lowest BCUT2D eigenvalue weighted by atomic mass is 10.3. The average molecular weight is 310 g/mol. The molecule has 0 aliphatic heterocycles. The zero-order valence-electron chi connectivity index (χ0n) is 10.1. The molecule has 1 N–H and O–H groups in total. The molecule has 0 amide bonds. The molecule has 0 spiro atoms. The molecule has 2 heterocycles. The van der Waals surface area contributed by atoms with Gasteiger partial charge in [-0.2, -0.15) is 4.98 Å². The van der Waals surface area contributed by atoms with Crippen LogP contribution in [0.3, 0.4) is 0 Å². The predicted molar refractivity (Wildman–Crippen MR) is 75.8 cm³/mol. The maximum Gasteiger partial charge on any atom is 0.246 e. The molecule has 0 unspecified atom stereocenters.